The third-order valence-electron chi connectivity index (χ3n) is 4.99. The van der Waals surface area contributed by atoms with Crippen molar-refractivity contribution < 1.29 is 14.3 Å². The average Bonchev–Trinajstić information content (AvgIpc) is 2.52. The van der Waals surface area contributed by atoms with Gasteiger partial charge in [0.25, 0.3) is 0 Å². The fourth-order valence-corrected chi connectivity index (χ4v) is 3.53. The van der Waals surface area contributed by atoms with Gasteiger partial charge in [-0.1, -0.05) is 60.6 Å². The summed E-state index contributed by atoms with van der Waals surface area (Å²) in [6.07, 6.45) is 2.72. The fourth-order valence-electron chi connectivity index (χ4n) is 3.53. The molecular formula is C19H32O3. The highest BCUT2D eigenvalue weighted by Gasteiger charge is 2.40. The van der Waals surface area contributed by atoms with Crippen molar-refractivity contribution in [1.29, 1.82) is 0 Å². The molecule has 0 N–H and O–H groups in total. The standard InChI is InChI=1S/C19H32O3/c1-13(9-14-10-15(20)22-16(14)21)11-18(5,6)19(7,8)12-17(2,3)4/h14H,1,9-12H2,2-8H3. The summed E-state index contributed by atoms with van der Waals surface area (Å²) in [6.45, 7) is 20.1. The molecule has 0 bridgehead atoms. The van der Waals surface area contributed by atoms with E-state index >= 15 is 0 Å². The van der Waals surface area contributed by atoms with Gasteiger partial charge in [-0.15, -0.1) is 0 Å². The number of ether oxygens (including phenoxy) is 1. The maximum absolute atomic E-state index is 11.6. The van der Waals surface area contributed by atoms with Gasteiger partial charge in [0, 0.05) is 0 Å². The van der Waals surface area contributed by atoms with Gasteiger partial charge in [0.05, 0.1) is 12.3 Å². The van der Waals surface area contributed by atoms with E-state index in [0.29, 0.717) is 6.42 Å². The lowest BCUT2D eigenvalue weighted by Crippen LogP contribution is -2.36. The maximum atomic E-state index is 11.6. The molecule has 0 aromatic carbocycles. The number of cyclic esters (lactones) is 2. The van der Waals surface area contributed by atoms with E-state index in [1.807, 2.05) is 0 Å². The molecule has 0 amide bonds. The number of carbonyl (C=O) groups excluding carboxylic acids is 2. The minimum absolute atomic E-state index is 0.0733. The van der Waals surface area contributed by atoms with Crippen LogP contribution in [0.1, 0.15) is 74.1 Å². The second kappa shape index (κ2) is 6.17. The zero-order chi connectivity index (χ0) is 17.3. The third kappa shape index (κ3) is 4.96. The van der Waals surface area contributed by atoms with Crippen molar-refractivity contribution in [3.8, 4) is 0 Å². The smallest absolute Gasteiger partial charge is 0.317 e. The Bertz CT molecular complexity index is 464. The molecule has 1 saturated heterocycles. The molecule has 1 rings (SSSR count). The molecule has 1 aliphatic heterocycles. The van der Waals surface area contributed by atoms with Crippen molar-refractivity contribution in [3.63, 3.8) is 0 Å². The molecule has 1 fully saturated rings. The number of esters is 2. The van der Waals surface area contributed by atoms with Gasteiger partial charge in [0.2, 0.25) is 0 Å². The fraction of sp³-hybridized carbons (Fsp3) is 0.789. The van der Waals surface area contributed by atoms with Crippen LogP contribution in [0.4, 0.5) is 0 Å². The lowest BCUT2D eigenvalue weighted by Gasteiger charge is -2.46. The Kier molecular flexibility index (Phi) is 5.31. The quantitative estimate of drug-likeness (QED) is 0.398. The summed E-state index contributed by atoms with van der Waals surface area (Å²) in [4.78, 5) is 22.8. The SMILES string of the molecule is C=C(CC1CC(=O)OC1=O)CC(C)(C)C(C)(C)CC(C)(C)C. The van der Waals surface area contributed by atoms with Crippen LogP contribution in [0.5, 0.6) is 0 Å². The van der Waals surface area contributed by atoms with Crippen LogP contribution in [0.2, 0.25) is 0 Å². The first kappa shape index (κ1) is 18.9. The molecule has 1 aliphatic rings. The molecular weight excluding hydrogens is 276 g/mol. The first-order valence-corrected chi connectivity index (χ1v) is 8.15. The first-order valence-electron chi connectivity index (χ1n) is 8.15. The molecule has 0 aromatic rings. The van der Waals surface area contributed by atoms with E-state index < -0.39 is 11.9 Å². The molecule has 22 heavy (non-hydrogen) atoms. The van der Waals surface area contributed by atoms with Gasteiger partial charge in [0.15, 0.2) is 0 Å². The highest BCUT2D eigenvalue weighted by molar-refractivity contribution is 5.94. The van der Waals surface area contributed by atoms with Crippen molar-refractivity contribution in [2.24, 2.45) is 22.2 Å². The second-order valence-corrected chi connectivity index (χ2v) is 9.33. The van der Waals surface area contributed by atoms with Crippen LogP contribution in [-0.2, 0) is 14.3 Å². The first-order chi connectivity index (χ1) is 9.73. The zero-order valence-electron chi connectivity index (χ0n) is 15.3. The molecule has 3 nitrogen and oxygen atoms in total. The van der Waals surface area contributed by atoms with Gasteiger partial charge in [-0.25, -0.2) is 0 Å². The van der Waals surface area contributed by atoms with Crippen molar-refractivity contribution in [2.75, 3.05) is 0 Å². The molecule has 126 valence electrons. The van der Waals surface area contributed by atoms with Gasteiger partial charge in [0.1, 0.15) is 0 Å². The zero-order valence-corrected chi connectivity index (χ0v) is 15.3. The predicted octanol–water partition coefficient (Wildman–Crippen LogP) is 4.90. The highest BCUT2D eigenvalue weighted by atomic mass is 16.6. The van der Waals surface area contributed by atoms with E-state index in [1.165, 1.54) is 0 Å². The topological polar surface area (TPSA) is 43.4 Å². The maximum Gasteiger partial charge on any atom is 0.317 e. The Hall–Kier alpha value is -1.12. The van der Waals surface area contributed by atoms with Crippen LogP contribution in [0.3, 0.4) is 0 Å². The highest BCUT2D eigenvalue weighted by Crippen LogP contribution is 2.49. The Morgan fingerprint density at radius 3 is 2.05 bits per heavy atom. The van der Waals surface area contributed by atoms with Crippen molar-refractivity contribution in [3.05, 3.63) is 12.2 Å². The predicted molar refractivity (Wildman–Crippen MR) is 89.2 cm³/mol. The molecule has 0 aromatic heterocycles. The summed E-state index contributed by atoms with van der Waals surface area (Å²) in [5.74, 6) is -1.13. The Balaban J connectivity index is 2.69. The number of allylic oxidation sites excluding steroid dienone is 1. The Labute approximate surface area is 135 Å². The van der Waals surface area contributed by atoms with E-state index in [4.69, 9.17) is 0 Å². The monoisotopic (exact) mass is 308 g/mol. The molecule has 0 spiro atoms. The summed E-state index contributed by atoms with van der Waals surface area (Å²) in [7, 11) is 0. The molecule has 3 heteroatoms. The minimum atomic E-state index is -0.407. The Morgan fingerprint density at radius 1 is 1.09 bits per heavy atom. The summed E-state index contributed by atoms with van der Waals surface area (Å²) < 4.78 is 4.62. The second-order valence-electron chi connectivity index (χ2n) is 9.33. The molecule has 0 aliphatic carbocycles. The van der Waals surface area contributed by atoms with Crippen LogP contribution in [-0.4, -0.2) is 11.9 Å². The van der Waals surface area contributed by atoms with Gasteiger partial charge in [-0.3, -0.25) is 9.59 Å². The van der Waals surface area contributed by atoms with Gasteiger partial charge in [-0.2, -0.15) is 0 Å². The van der Waals surface area contributed by atoms with Crippen LogP contribution in [0.25, 0.3) is 0 Å². The molecule has 1 atom stereocenters. The normalized spacial score (nSPS) is 20.2. The molecule has 1 heterocycles. The van der Waals surface area contributed by atoms with Crippen molar-refractivity contribution in [2.45, 2.75) is 74.1 Å². The van der Waals surface area contributed by atoms with Crippen molar-refractivity contribution in [1.82, 2.24) is 0 Å². The molecule has 1 unspecified atom stereocenters. The molecule has 0 radical (unpaired) electrons. The van der Waals surface area contributed by atoms with Gasteiger partial charge >= 0.3 is 11.9 Å². The van der Waals surface area contributed by atoms with E-state index in [0.717, 1.165) is 18.4 Å². The minimum Gasteiger partial charge on any atom is -0.393 e. The summed E-state index contributed by atoms with van der Waals surface area (Å²) in [6, 6.07) is 0. The van der Waals surface area contributed by atoms with E-state index in [9.17, 15) is 9.59 Å². The van der Waals surface area contributed by atoms with E-state index in [1.54, 1.807) is 0 Å². The number of hydrogen-bond acceptors (Lipinski definition) is 3. The van der Waals surface area contributed by atoms with Gasteiger partial charge in [-0.05, 0) is 35.5 Å². The number of carbonyl (C=O) groups is 2. The number of hydrogen-bond donors (Lipinski definition) is 0. The summed E-state index contributed by atoms with van der Waals surface area (Å²) in [5, 5.41) is 0. The lowest BCUT2D eigenvalue weighted by molar-refractivity contribution is -0.153. The van der Waals surface area contributed by atoms with Crippen LogP contribution < -0.4 is 0 Å². The third-order valence-corrected chi connectivity index (χ3v) is 4.99. The lowest BCUT2D eigenvalue weighted by atomic mass is 9.59. The average molecular weight is 308 g/mol. The van der Waals surface area contributed by atoms with Gasteiger partial charge < -0.3 is 4.74 Å². The van der Waals surface area contributed by atoms with Crippen molar-refractivity contribution >= 4 is 11.9 Å². The van der Waals surface area contributed by atoms with E-state index in [2.05, 4.69) is 59.8 Å². The van der Waals surface area contributed by atoms with E-state index in [-0.39, 0.29) is 28.6 Å². The number of rotatable bonds is 6. The van der Waals surface area contributed by atoms with Crippen LogP contribution >= 0.6 is 0 Å². The summed E-state index contributed by atoms with van der Waals surface area (Å²) in [5.41, 5.74) is 1.53. The summed E-state index contributed by atoms with van der Waals surface area (Å²) >= 11 is 0. The molecule has 0 saturated carbocycles. The Morgan fingerprint density at radius 2 is 1.64 bits per heavy atom. The van der Waals surface area contributed by atoms with Crippen LogP contribution in [0.15, 0.2) is 12.2 Å². The van der Waals surface area contributed by atoms with Crippen LogP contribution in [0, 0.1) is 22.2 Å². The largest absolute Gasteiger partial charge is 0.393 e.